The van der Waals surface area contributed by atoms with Crippen molar-refractivity contribution in [2.45, 2.75) is 32.5 Å². The van der Waals surface area contributed by atoms with Crippen LogP contribution < -0.4 is 10.1 Å². The first-order valence-corrected chi connectivity index (χ1v) is 11.1. The molecule has 2 aromatic carbocycles. The monoisotopic (exact) mass is 454 g/mol. The van der Waals surface area contributed by atoms with Crippen molar-refractivity contribution in [3.8, 4) is 5.75 Å². The zero-order valence-corrected chi connectivity index (χ0v) is 19.4. The molecule has 0 aliphatic heterocycles. The van der Waals surface area contributed by atoms with Gasteiger partial charge in [-0.1, -0.05) is 35.5 Å². The molecule has 0 aliphatic rings. The second-order valence-corrected chi connectivity index (χ2v) is 8.10. The van der Waals surface area contributed by atoms with Crippen LogP contribution in [0.1, 0.15) is 34.2 Å². The van der Waals surface area contributed by atoms with Crippen molar-refractivity contribution >= 4 is 29.3 Å². The Hall–Kier alpha value is -3.33. The van der Waals surface area contributed by atoms with Gasteiger partial charge in [0.2, 0.25) is 5.91 Å². The summed E-state index contributed by atoms with van der Waals surface area (Å²) in [6, 6.07) is 12.7. The van der Waals surface area contributed by atoms with Crippen LogP contribution in [-0.4, -0.2) is 39.0 Å². The van der Waals surface area contributed by atoms with Crippen LogP contribution in [0, 0.1) is 13.8 Å². The van der Waals surface area contributed by atoms with Gasteiger partial charge in [-0.05, 0) is 50.6 Å². The van der Waals surface area contributed by atoms with Gasteiger partial charge in [-0.3, -0.25) is 4.79 Å². The first kappa shape index (κ1) is 23.3. The van der Waals surface area contributed by atoms with Crippen LogP contribution in [0.5, 0.6) is 5.75 Å². The highest BCUT2D eigenvalue weighted by Crippen LogP contribution is 2.21. The maximum Gasteiger partial charge on any atom is 0.338 e. The quantitative estimate of drug-likeness (QED) is 0.387. The molecule has 8 nitrogen and oxygen atoms in total. The zero-order chi connectivity index (χ0) is 23.1. The van der Waals surface area contributed by atoms with Gasteiger partial charge < -0.3 is 19.4 Å². The van der Waals surface area contributed by atoms with Crippen molar-refractivity contribution in [3.05, 3.63) is 65.0 Å². The minimum absolute atomic E-state index is 0.146. The highest BCUT2D eigenvalue weighted by atomic mass is 32.2. The van der Waals surface area contributed by atoms with E-state index in [0.29, 0.717) is 28.8 Å². The largest absolute Gasteiger partial charge is 0.485 e. The average molecular weight is 455 g/mol. The number of carbonyl (C=O) groups excluding carboxylic acids is 2. The van der Waals surface area contributed by atoms with Crippen LogP contribution in [0.25, 0.3) is 0 Å². The third-order valence-electron chi connectivity index (χ3n) is 4.60. The lowest BCUT2D eigenvalue weighted by atomic mass is 10.1. The maximum absolute atomic E-state index is 12.4. The third kappa shape index (κ3) is 6.10. The van der Waals surface area contributed by atoms with Gasteiger partial charge in [-0.25, -0.2) is 4.79 Å². The minimum Gasteiger partial charge on any atom is -0.485 e. The Bertz CT molecular complexity index is 1110. The van der Waals surface area contributed by atoms with Gasteiger partial charge in [-0.2, -0.15) is 0 Å². The SMILES string of the molecule is CCOC(=O)c1cccc(NC(=O)CSc2nnc(COc3ccc(C)cc3C)n2C)c1. The predicted octanol–water partition coefficient (Wildman–Crippen LogP) is 3.92. The molecule has 0 spiro atoms. The van der Waals surface area contributed by atoms with E-state index in [-0.39, 0.29) is 18.3 Å². The predicted molar refractivity (Wildman–Crippen MR) is 123 cm³/mol. The molecule has 1 heterocycles. The number of ether oxygens (including phenoxy) is 2. The fraction of sp³-hybridized carbons (Fsp3) is 0.304. The first-order valence-electron chi connectivity index (χ1n) is 10.2. The Morgan fingerprint density at radius 3 is 2.69 bits per heavy atom. The lowest BCUT2D eigenvalue weighted by Crippen LogP contribution is -2.15. The molecule has 3 rings (SSSR count). The molecule has 1 N–H and O–H groups in total. The Kier molecular flexibility index (Phi) is 7.88. The van der Waals surface area contributed by atoms with Crippen molar-refractivity contribution in [1.82, 2.24) is 14.8 Å². The highest BCUT2D eigenvalue weighted by molar-refractivity contribution is 7.99. The van der Waals surface area contributed by atoms with Crippen molar-refractivity contribution < 1.29 is 19.1 Å². The number of hydrogen-bond donors (Lipinski definition) is 1. The summed E-state index contributed by atoms with van der Waals surface area (Å²) in [5.41, 5.74) is 3.16. The summed E-state index contributed by atoms with van der Waals surface area (Å²) >= 11 is 1.27. The fourth-order valence-corrected chi connectivity index (χ4v) is 3.70. The second kappa shape index (κ2) is 10.8. The molecule has 9 heteroatoms. The number of nitrogens with zero attached hydrogens (tertiary/aromatic N) is 3. The summed E-state index contributed by atoms with van der Waals surface area (Å²) in [6.07, 6.45) is 0. The Labute approximate surface area is 191 Å². The molecule has 0 bridgehead atoms. The van der Waals surface area contributed by atoms with Gasteiger partial charge >= 0.3 is 5.97 Å². The van der Waals surface area contributed by atoms with Gasteiger partial charge in [0.15, 0.2) is 11.0 Å². The van der Waals surface area contributed by atoms with Crippen LogP contribution in [-0.2, 0) is 23.2 Å². The van der Waals surface area contributed by atoms with Crippen molar-refractivity contribution in [2.24, 2.45) is 7.05 Å². The van der Waals surface area contributed by atoms with Crippen LogP contribution in [0.15, 0.2) is 47.6 Å². The summed E-state index contributed by atoms with van der Waals surface area (Å²) in [4.78, 5) is 24.2. The van der Waals surface area contributed by atoms with Gasteiger partial charge in [-0.15, -0.1) is 10.2 Å². The van der Waals surface area contributed by atoms with E-state index in [1.807, 2.05) is 37.6 Å². The van der Waals surface area contributed by atoms with E-state index in [0.717, 1.165) is 11.3 Å². The molecule has 32 heavy (non-hydrogen) atoms. The molecule has 0 fully saturated rings. The number of amides is 1. The summed E-state index contributed by atoms with van der Waals surface area (Å²) in [5, 5.41) is 11.7. The number of hydrogen-bond acceptors (Lipinski definition) is 7. The molecule has 0 saturated heterocycles. The van der Waals surface area contributed by atoms with Crippen molar-refractivity contribution in [2.75, 3.05) is 17.7 Å². The lowest BCUT2D eigenvalue weighted by molar-refractivity contribution is -0.113. The number of aryl methyl sites for hydroxylation is 2. The Morgan fingerprint density at radius 1 is 1.12 bits per heavy atom. The number of carbonyl (C=O) groups is 2. The van der Waals surface area contributed by atoms with E-state index < -0.39 is 5.97 Å². The van der Waals surface area contributed by atoms with Crippen LogP contribution in [0.3, 0.4) is 0 Å². The van der Waals surface area contributed by atoms with E-state index in [4.69, 9.17) is 9.47 Å². The van der Waals surface area contributed by atoms with E-state index in [1.165, 1.54) is 17.3 Å². The molecule has 1 amide bonds. The zero-order valence-electron chi connectivity index (χ0n) is 18.5. The molecule has 168 valence electrons. The van der Waals surface area contributed by atoms with Gasteiger partial charge in [0, 0.05) is 12.7 Å². The number of nitrogens with one attached hydrogen (secondary N) is 1. The van der Waals surface area contributed by atoms with E-state index >= 15 is 0 Å². The maximum atomic E-state index is 12.4. The first-order chi connectivity index (χ1) is 15.4. The molecular formula is C23H26N4O4S. The smallest absolute Gasteiger partial charge is 0.338 e. The van der Waals surface area contributed by atoms with Crippen LogP contribution >= 0.6 is 11.8 Å². The van der Waals surface area contributed by atoms with Gasteiger partial charge in [0.1, 0.15) is 12.4 Å². The van der Waals surface area contributed by atoms with Crippen LogP contribution in [0.4, 0.5) is 5.69 Å². The summed E-state index contributed by atoms with van der Waals surface area (Å²) < 4.78 is 12.7. The number of anilines is 1. The van der Waals surface area contributed by atoms with Crippen molar-refractivity contribution in [1.29, 1.82) is 0 Å². The van der Waals surface area contributed by atoms with Crippen molar-refractivity contribution in [3.63, 3.8) is 0 Å². The number of thioether (sulfide) groups is 1. The van der Waals surface area contributed by atoms with E-state index in [1.54, 1.807) is 31.2 Å². The molecule has 1 aromatic heterocycles. The normalized spacial score (nSPS) is 10.6. The Morgan fingerprint density at radius 2 is 1.94 bits per heavy atom. The molecule has 0 atom stereocenters. The second-order valence-electron chi connectivity index (χ2n) is 7.15. The highest BCUT2D eigenvalue weighted by Gasteiger charge is 2.13. The molecule has 0 radical (unpaired) electrons. The summed E-state index contributed by atoms with van der Waals surface area (Å²) in [6.45, 7) is 6.36. The molecule has 0 unspecified atom stereocenters. The third-order valence-corrected chi connectivity index (χ3v) is 5.62. The minimum atomic E-state index is -0.423. The number of aromatic nitrogens is 3. The number of rotatable bonds is 9. The standard InChI is InChI=1S/C23H26N4O4S/c1-5-30-22(29)17-7-6-8-18(12-17)24-21(28)14-32-23-26-25-20(27(23)4)13-31-19-10-9-15(2)11-16(19)3/h6-12H,5,13-14H2,1-4H3,(H,24,28). The average Bonchev–Trinajstić information content (AvgIpc) is 3.11. The lowest BCUT2D eigenvalue weighted by Gasteiger charge is -2.10. The van der Waals surface area contributed by atoms with Crippen LogP contribution in [0.2, 0.25) is 0 Å². The molecular weight excluding hydrogens is 428 g/mol. The number of esters is 1. The van der Waals surface area contributed by atoms with Gasteiger partial charge in [0.05, 0.1) is 17.9 Å². The van der Waals surface area contributed by atoms with Gasteiger partial charge in [0.25, 0.3) is 0 Å². The molecule has 0 saturated carbocycles. The molecule has 0 aliphatic carbocycles. The van der Waals surface area contributed by atoms with E-state index in [9.17, 15) is 9.59 Å². The van der Waals surface area contributed by atoms with E-state index in [2.05, 4.69) is 21.6 Å². The summed E-state index contributed by atoms with van der Waals surface area (Å²) in [7, 11) is 1.84. The molecule has 3 aromatic rings. The number of benzene rings is 2. The Balaban J connectivity index is 1.54. The summed E-state index contributed by atoms with van der Waals surface area (Å²) in [5.74, 6) is 0.972. The fourth-order valence-electron chi connectivity index (χ4n) is 2.97. The topological polar surface area (TPSA) is 95.3 Å².